The van der Waals surface area contributed by atoms with Crippen molar-refractivity contribution in [2.24, 2.45) is 0 Å². The number of rotatable bonds is 7. The third-order valence-corrected chi connectivity index (χ3v) is 4.19. The van der Waals surface area contributed by atoms with E-state index in [2.05, 4.69) is 31.3 Å². The Morgan fingerprint density at radius 2 is 1.82 bits per heavy atom. The molecule has 0 aliphatic rings. The van der Waals surface area contributed by atoms with Crippen molar-refractivity contribution in [3.63, 3.8) is 0 Å². The molecule has 0 saturated carbocycles. The third-order valence-electron chi connectivity index (χ3n) is 3.60. The van der Waals surface area contributed by atoms with Crippen molar-refractivity contribution in [1.82, 2.24) is 5.32 Å². The average molecular weight is 338 g/mol. The highest BCUT2D eigenvalue weighted by molar-refractivity contribution is 6.35. The molecule has 2 aromatic rings. The molecule has 0 spiro atoms. The minimum Gasteiger partial charge on any atom is -0.489 e. The fourth-order valence-corrected chi connectivity index (χ4v) is 2.40. The number of ether oxygens (including phenoxy) is 1. The average Bonchev–Trinajstić information content (AvgIpc) is 2.52. The lowest BCUT2D eigenvalue weighted by atomic mass is 10.2. The Labute approximate surface area is 142 Å². The van der Waals surface area contributed by atoms with Gasteiger partial charge in [-0.25, -0.2) is 0 Å². The highest BCUT2D eigenvalue weighted by atomic mass is 35.5. The van der Waals surface area contributed by atoms with Gasteiger partial charge in [0.05, 0.1) is 0 Å². The number of hydrogen-bond donors (Lipinski definition) is 1. The van der Waals surface area contributed by atoms with Gasteiger partial charge in [-0.1, -0.05) is 48.3 Å². The van der Waals surface area contributed by atoms with Crippen LogP contribution in [0.3, 0.4) is 0 Å². The molecule has 2 rings (SSSR count). The van der Waals surface area contributed by atoms with Crippen LogP contribution in [0.5, 0.6) is 5.75 Å². The fourth-order valence-electron chi connectivity index (χ4n) is 1.94. The molecule has 2 aromatic carbocycles. The Hall–Kier alpha value is -1.22. The van der Waals surface area contributed by atoms with E-state index in [0.29, 0.717) is 22.7 Å². The summed E-state index contributed by atoms with van der Waals surface area (Å²) in [5, 5.41) is 4.73. The monoisotopic (exact) mass is 337 g/mol. The fraction of sp³-hybridized carbons (Fsp3) is 0.333. The van der Waals surface area contributed by atoms with Gasteiger partial charge in [-0.05, 0) is 43.2 Å². The van der Waals surface area contributed by atoms with Crippen molar-refractivity contribution in [2.75, 3.05) is 0 Å². The number of benzene rings is 2. The van der Waals surface area contributed by atoms with Gasteiger partial charge in [0.2, 0.25) is 0 Å². The van der Waals surface area contributed by atoms with Crippen molar-refractivity contribution in [3.8, 4) is 5.75 Å². The topological polar surface area (TPSA) is 21.3 Å². The van der Waals surface area contributed by atoms with Gasteiger partial charge in [-0.3, -0.25) is 0 Å². The second-order valence-corrected chi connectivity index (χ2v) is 6.20. The Kier molecular flexibility index (Phi) is 6.56. The van der Waals surface area contributed by atoms with Gasteiger partial charge >= 0.3 is 0 Å². The summed E-state index contributed by atoms with van der Waals surface area (Å²) >= 11 is 12.0. The minimum atomic E-state index is 0.431. The van der Waals surface area contributed by atoms with Crippen molar-refractivity contribution in [1.29, 1.82) is 0 Å². The maximum Gasteiger partial charge on any atom is 0.119 e. The summed E-state index contributed by atoms with van der Waals surface area (Å²) in [5.41, 5.74) is 2.17. The van der Waals surface area contributed by atoms with Gasteiger partial charge in [-0.2, -0.15) is 0 Å². The van der Waals surface area contributed by atoms with Crippen LogP contribution in [0, 0.1) is 0 Å². The number of halogens is 2. The van der Waals surface area contributed by atoms with Crippen molar-refractivity contribution < 1.29 is 4.74 Å². The highest BCUT2D eigenvalue weighted by Crippen LogP contribution is 2.22. The summed E-state index contributed by atoms with van der Waals surface area (Å²) in [6.45, 7) is 5.67. The van der Waals surface area contributed by atoms with E-state index in [-0.39, 0.29) is 0 Å². The predicted molar refractivity (Wildman–Crippen MR) is 93.8 cm³/mol. The van der Waals surface area contributed by atoms with Crippen LogP contribution in [0.4, 0.5) is 0 Å². The Bertz CT molecular complexity index is 599. The molecule has 118 valence electrons. The summed E-state index contributed by atoms with van der Waals surface area (Å²) < 4.78 is 5.77. The van der Waals surface area contributed by atoms with Crippen molar-refractivity contribution in [3.05, 3.63) is 63.6 Å². The maximum atomic E-state index is 6.13. The Balaban J connectivity index is 1.88. The zero-order chi connectivity index (χ0) is 15.9. The van der Waals surface area contributed by atoms with E-state index >= 15 is 0 Å². The molecule has 0 aliphatic carbocycles. The summed E-state index contributed by atoms with van der Waals surface area (Å²) in [6, 6.07) is 14.1. The molecule has 0 bridgehead atoms. The molecule has 1 N–H and O–H groups in total. The first-order valence-electron chi connectivity index (χ1n) is 7.47. The first kappa shape index (κ1) is 17.1. The maximum absolute atomic E-state index is 6.13. The van der Waals surface area contributed by atoms with Crippen LogP contribution in [0.15, 0.2) is 42.5 Å². The normalized spacial score (nSPS) is 12.2. The van der Waals surface area contributed by atoms with Crippen LogP contribution in [0.25, 0.3) is 0 Å². The van der Waals surface area contributed by atoms with Gasteiger partial charge in [0.1, 0.15) is 12.4 Å². The standard InChI is InChI=1S/C18H21Cl2NO/c1-3-13(2)21-11-14-4-8-17(9-5-14)22-12-15-6-7-16(19)10-18(15)20/h4-10,13,21H,3,11-12H2,1-2H3. The summed E-state index contributed by atoms with van der Waals surface area (Å²) in [5.74, 6) is 0.832. The molecule has 0 radical (unpaired) electrons. The lowest BCUT2D eigenvalue weighted by molar-refractivity contribution is 0.306. The van der Waals surface area contributed by atoms with Crippen LogP contribution in [-0.2, 0) is 13.2 Å². The third kappa shape index (κ3) is 5.20. The molecule has 0 aliphatic heterocycles. The van der Waals surface area contributed by atoms with E-state index in [0.717, 1.165) is 24.3 Å². The Morgan fingerprint density at radius 3 is 2.45 bits per heavy atom. The van der Waals surface area contributed by atoms with E-state index in [1.807, 2.05) is 24.3 Å². The molecule has 0 aromatic heterocycles. The molecule has 0 saturated heterocycles. The first-order chi connectivity index (χ1) is 10.6. The van der Waals surface area contributed by atoms with E-state index in [4.69, 9.17) is 27.9 Å². The van der Waals surface area contributed by atoms with Crippen LogP contribution >= 0.6 is 23.2 Å². The summed E-state index contributed by atoms with van der Waals surface area (Å²) in [7, 11) is 0. The minimum absolute atomic E-state index is 0.431. The van der Waals surface area contributed by atoms with Crippen LogP contribution in [0.2, 0.25) is 10.0 Å². The largest absolute Gasteiger partial charge is 0.489 e. The zero-order valence-electron chi connectivity index (χ0n) is 12.9. The van der Waals surface area contributed by atoms with Gasteiger partial charge in [0, 0.05) is 28.2 Å². The molecule has 22 heavy (non-hydrogen) atoms. The van der Waals surface area contributed by atoms with E-state index in [9.17, 15) is 0 Å². The summed E-state index contributed by atoms with van der Waals surface area (Å²) in [4.78, 5) is 0. The lowest BCUT2D eigenvalue weighted by Crippen LogP contribution is -2.24. The number of nitrogens with one attached hydrogen (secondary N) is 1. The van der Waals surface area contributed by atoms with Crippen LogP contribution in [0.1, 0.15) is 31.4 Å². The van der Waals surface area contributed by atoms with Crippen molar-refractivity contribution >= 4 is 23.2 Å². The molecule has 0 heterocycles. The molecule has 1 atom stereocenters. The predicted octanol–water partition coefficient (Wildman–Crippen LogP) is 5.46. The molecule has 2 nitrogen and oxygen atoms in total. The quantitative estimate of drug-likeness (QED) is 0.724. The number of hydrogen-bond acceptors (Lipinski definition) is 2. The van der Waals surface area contributed by atoms with E-state index < -0.39 is 0 Å². The second kappa shape index (κ2) is 8.42. The second-order valence-electron chi connectivity index (χ2n) is 5.36. The Morgan fingerprint density at radius 1 is 1.09 bits per heavy atom. The van der Waals surface area contributed by atoms with Gasteiger partial charge in [0.25, 0.3) is 0 Å². The summed E-state index contributed by atoms with van der Waals surface area (Å²) in [6.07, 6.45) is 1.13. The van der Waals surface area contributed by atoms with Gasteiger partial charge in [0.15, 0.2) is 0 Å². The van der Waals surface area contributed by atoms with Gasteiger partial charge < -0.3 is 10.1 Å². The molecule has 4 heteroatoms. The zero-order valence-corrected chi connectivity index (χ0v) is 14.4. The van der Waals surface area contributed by atoms with Crippen LogP contribution in [-0.4, -0.2) is 6.04 Å². The van der Waals surface area contributed by atoms with Crippen molar-refractivity contribution in [2.45, 2.75) is 39.5 Å². The first-order valence-corrected chi connectivity index (χ1v) is 8.23. The van der Waals surface area contributed by atoms with E-state index in [1.165, 1.54) is 5.56 Å². The molecular weight excluding hydrogens is 317 g/mol. The highest BCUT2D eigenvalue weighted by Gasteiger charge is 2.03. The SMILES string of the molecule is CCC(C)NCc1ccc(OCc2ccc(Cl)cc2Cl)cc1. The van der Waals surface area contributed by atoms with Gasteiger partial charge in [-0.15, -0.1) is 0 Å². The molecule has 1 unspecified atom stereocenters. The smallest absolute Gasteiger partial charge is 0.119 e. The molecule has 0 fully saturated rings. The van der Waals surface area contributed by atoms with E-state index in [1.54, 1.807) is 6.07 Å². The molecule has 0 amide bonds. The lowest BCUT2D eigenvalue weighted by Gasteiger charge is -2.12. The van der Waals surface area contributed by atoms with Crippen LogP contribution < -0.4 is 10.1 Å². The molecular formula is C18H21Cl2NO.